The minimum absolute atomic E-state index is 0.0755. The summed E-state index contributed by atoms with van der Waals surface area (Å²) in [4.78, 5) is 35.8. The Labute approximate surface area is 176 Å². The van der Waals surface area contributed by atoms with Crippen molar-refractivity contribution >= 4 is 17.6 Å². The van der Waals surface area contributed by atoms with E-state index in [4.69, 9.17) is 4.74 Å². The van der Waals surface area contributed by atoms with Crippen molar-refractivity contribution in [3.8, 4) is 5.75 Å². The Morgan fingerprint density at radius 2 is 2.07 bits per heavy atom. The van der Waals surface area contributed by atoms with Crippen LogP contribution in [0.15, 0.2) is 24.5 Å². The molecule has 1 saturated carbocycles. The largest absolute Gasteiger partial charge is 0.491 e. The third-order valence-corrected chi connectivity index (χ3v) is 5.79. The van der Waals surface area contributed by atoms with Gasteiger partial charge in [-0.1, -0.05) is 13.8 Å². The van der Waals surface area contributed by atoms with E-state index in [1.165, 1.54) is 12.8 Å². The van der Waals surface area contributed by atoms with Crippen LogP contribution < -0.4 is 10.1 Å². The van der Waals surface area contributed by atoms with E-state index in [0.29, 0.717) is 23.8 Å². The summed E-state index contributed by atoms with van der Waals surface area (Å²) in [6, 6.07) is 3.49. The zero-order valence-electron chi connectivity index (χ0n) is 17.9. The van der Waals surface area contributed by atoms with Crippen molar-refractivity contribution in [2.75, 3.05) is 11.9 Å². The summed E-state index contributed by atoms with van der Waals surface area (Å²) in [5.41, 5.74) is 3.16. The van der Waals surface area contributed by atoms with E-state index in [0.717, 1.165) is 29.2 Å². The highest BCUT2D eigenvalue weighted by molar-refractivity contribution is 6.01. The lowest BCUT2D eigenvalue weighted by molar-refractivity contribution is -0.118. The molecule has 0 saturated heterocycles. The minimum Gasteiger partial charge on any atom is -0.491 e. The van der Waals surface area contributed by atoms with E-state index in [-0.39, 0.29) is 23.8 Å². The molecule has 30 heavy (non-hydrogen) atoms. The smallest absolute Gasteiger partial charge is 0.255 e. The number of hydrogen-bond acceptors (Lipinski definition) is 5. The van der Waals surface area contributed by atoms with Gasteiger partial charge in [-0.2, -0.15) is 0 Å². The third kappa shape index (κ3) is 4.01. The van der Waals surface area contributed by atoms with Gasteiger partial charge in [-0.3, -0.25) is 14.6 Å². The van der Waals surface area contributed by atoms with Crippen molar-refractivity contribution in [3.63, 3.8) is 0 Å². The van der Waals surface area contributed by atoms with Gasteiger partial charge in [0.15, 0.2) is 0 Å². The van der Waals surface area contributed by atoms with Crippen LogP contribution in [0.5, 0.6) is 5.75 Å². The number of pyridine rings is 2. The van der Waals surface area contributed by atoms with E-state index >= 15 is 0 Å². The van der Waals surface area contributed by atoms with Crippen LogP contribution in [-0.4, -0.2) is 33.3 Å². The predicted molar refractivity (Wildman–Crippen MR) is 113 cm³/mol. The standard InChI is InChI=1S/C23H28N4O3/c1-13(2)22(28)26-21-18-11-27(23(29)17(18)7-8-24-21)15(4)19-9-14(3)20(10-25-19)30-12-16-5-6-16/h7-10,13,15-16H,5-6,11-12H2,1-4H3,(H,24,26,28). The Kier molecular flexibility index (Phi) is 5.45. The number of nitrogens with one attached hydrogen (secondary N) is 1. The second-order valence-electron chi connectivity index (χ2n) is 8.57. The van der Waals surface area contributed by atoms with E-state index in [2.05, 4.69) is 15.3 Å². The first kappa shape index (κ1) is 20.3. The molecule has 158 valence electrons. The molecule has 7 nitrogen and oxygen atoms in total. The van der Waals surface area contributed by atoms with Crippen LogP contribution in [0, 0.1) is 18.8 Å². The van der Waals surface area contributed by atoms with Gasteiger partial charge >= 0.3 is 0 Å². The third-order valence-electron chi connectivity index (χ3n) is 5.79. The van der Waals surface area contributed by atoms with E-state index < -0.39 is 0 Å². The van der Waals surface area contributed by atoms with Crippen LogP contribution in [0.1, 0.15) is 66.8 Å². The first-order chi connectivity index (χ1) is 14.3. The molecule has 1 fully saturated rings. The molecular weight excluding hydrogens is 380 g/mol. The number of aromatic nitrogens is 2. The van der Waals surface area contributed by atoms with Crippen molar-refractivity contribution in [2.45, 2.75) is 53.1 Å². The molecule has 1 N–H and O–H groups in total. The lowest BCUT2D eigenvalue weighted by Crippen LogP contribution is -2.28. The topological polar surface area (TPSA) is 84.4 Å². The summed E-state index contributed by atoms with van der Waals surface area (Å²) in [5, 5.41) is 2.85. The summed E-state index contributed by atoms with van der Waals surface area (Å²) >= 11 is 0. The molecule has 0 aromatic carbocycles. The van der Waals surface area contributed by atoms with Gasteiger partial charge in [-0.05, 0) is 50.3 Å². The van der Waals surface area contributed by atoms with Crippen LogP contribution in [0.3, 0.4) is 0 Å². The Bertz CT molecular complexity index is 984. The van der Waals surface area contributed by atoms with Gasteiger partial charge in [0.25, 0.3) is 5.91 Å². The molecule has 2 aromatic rings. The number of aryl methyl sites for hydroxylation is 1. The van der Waals surface area contributed by atoms with Crippen LogP contribution in [0.25, 0.3) is 0 Å². The fourth-order valence-corrected chi connectivity index (χ4v) is 3.53. The molecule has 7 heteroatoms. The van der Waals surface area contributed by atoms with Gasteiger partial charge in [-0.15, -0.1) is 0 Å². The summed E-state index contributed by atoms with van der Waals surface area (Å²) in [5.74, 6) is 1.59. The summed E-state index contributed by atoms with van der Waals surface area (Å²) in [6.07, 6.45) is 5.81. The van der Waals surface area contributed by atoms with Crippen LogP contribution in [-0.2, 0) is 11.3 Å². The maximum atomic E-state index is 13.1. The summed E-state index contributed by atoms with van der Waals surface area (Å²) < 4.78 is 5.87. The molecule has 0 radical (unpaired) electrons. The highest BCUT2D eigenvalue weighted by Gasteiger charge is 2.34. The second-order valence-corrected chi connectivity index (χ2v) is 8.57. The number of fused-ring (bicyclic) bond motifs is 1. The normalized spacial score (nSPS) is 16.6. The number of rotatable bonds is 7. The number of carbonyl (C=O) groups is 2. The molecule has 0 spiro atoms. The highest BCUT2D eigenvalue weighted by atomic mass is 16.5. The number of ether oxygens (including phenoxy) is 1. The van der Waals surface area contributed by atoms with Crippen molar-refractivity contribution in [1.29, 1.82) is 0 Å². The van der Waals surface area contributed by atoms with E-state index in [9.17, 15) is 9.59 Å². The van der Waals surface area contributed by atoms with Gasteiger partial charge in [0.2, 0.25) is 5.91 Å². The Morgan fingerprint density at radius 1 is 1.30 bits per heavy atom. The summed E-state index contributed by atoms with van der Waals surface area (Å²) in [7, 11) is 0. The Balaban J connectivity index is 1.52. The first-order valence-electron chi connectivity index (χ1n) is 10.5. The van der Waals surface area contributed by atoms with Gasteiger partial charge in [0.1, 0.15) is 11.6 Å². The zero-order valence-corrected chi connectivity index (χ0v) is 17.9. The molecule has 0 bridgehead atoms. The van der Waals surface area contributed by atoms with Crippen molar-refractivity contribution in [3.05, 3.63) is 46.9 Å². The second kappa shape index (κ2) is 8.05. The molecule has 1 aliphatic carbocycles. The lowest BCUT2D eigenvalue weighted by Gasteiger charge is -2.24. The molecule has 4 rings (SSSR count). The molecular formula is C23H28N4O3. The number of amides is 2. The van der Waals surface area contributed by atoms with Crippen molar-refractivity contribution < 1.29 is 14.3 Å². The van der Waals surface area contributed by atoms with Crippen LogP contribution in [0.2, 0.25) is 0 Å². The molecule has 2 aliphatic rings. The molecule has 3 heterocycles. The quantitative estimate of drug-likeness (QED) is 0.751. The van der Waals surface area contributed by atoms with E-state index in [1.807, 2.05) is 33.8 Å². The molecule has 2 aromatic heterocycles. The molecule has 1 aliphatic heterocycles. The fourth-order valence-electron chi connectivity index (χ4n) is 3.53. The SMILES string of the molecule is Cc1cc(C(C)N2Cc3c(ccnc3NC(=O)C(C)C)C2=O)ncc1OCC1CC1. The van der Waals surface area contributed by atoms with Gasteiger partial charge < -0.3 is 15.0 Å². The van der Waals surface area contributed by atoms with Crippen molar-refractivity contribution in [1.82, 2.24) is 14.9 Å². The molecule has 2 amide bonds. The van der Waals surface area contributed by atoms with Crippen LogP contribution in [0.4, 0.5) is 5.82 Å². The maximum absolute atomic E-state index is 13.1. The summed E-state index contributed by atoms with van der Waals surface area (Å²) in [6.45, 7) is 8.75. The average Bonchev–Trinajstić information content (AvgIpc) is 3.49. The van der Waals surface area contributed by atoms with Crippen molar-refractivity contribution in [2.24, 2.45) is 11.8 Å². The lowest BCUT2D eigenvalue weighted by atomic mass is 10.1. The number of nitrogens with zero attached hydrogens (tertiary/aromatic N) is 3. The minimum atomic E-state index is -0.213. The highest BCUT2D eigenvalue weighted by Crippen LogP contribution is 2.35. The fraction of sp³-hybridized carbons (Fsp3) is 0.478. The van der Waals surface area contributed by atoms with Gasteiger partial charge in [0.05, 0.1) is 31.1 Å². The molecule has 1 atom stereocenters. The monoisotopic (exact) mass is 408 g/mol. The first-order valence-corrected chi connectivity index (χ1v) is 10.5. The van der Waals surface area contributed by atoms with Gasteiger partial charge in [-0.25, -0.2) is 4.98 Å². The average molecular weight is 409 g/mol. The number of carbonyl (C=O) groups excluding carboxylic acids is 2. The van der Waals surface area contributed by atoms with E-state index in [1.54, 1.807) is 23.4 Å². The number of hydrogen-bond donors (Lipinski definition) is 1. The Hall–Kier alpha value is -2.96. The van der Waals surface area contributed by atoms with Gasteiger partial charge in [0, 0.05) is 23.2 Å². The molecule has 1 unspecified atom stereocenters. The Morgan fingerprint density at radius 3 is 2.73 bits per heavy atom. The number of anilines is 1. The maximum Gasteiger partial charge on any atom is 0.255 e. The van der Waals surface area contributed by atoms with Crippen LogP contribution >= 0.6 is 0 Å². The zero-order chi connectivity index (χ0) is 21.4. The predicted octanol–water partition coefficient (Wildman–Crippen LogP) is 3.89.